The highest BCUT2D eigenvalue weighted by Crippen LogP contribution is 2.35. The lowest BCUT2D eigenvalue weighted by Crippen LogP contribution is -2.45. The normalized spacial score (nSPS) is 17.0. The molecule has 1 aromatic carbocycles. The van der Waals surface area contributed by atoms with Gasteiger partial charge in [-0.25, -0.2) is 4.39 Å². The zero-order chi connectivity index (χ0) is 13.2. The van der Waals surface area contributed by atoms with Crippen LogP contribution >= 0.6 is 12.2 Å². The molecule has 0 saturated heterocycles. The highest BCUT2D eigenvalue weighted by atomic mass is 32.1. The third kappa shape index (κ3) is 2.62. The fourth-order valence-electron chi connectivity index (χ4n) is 2.09. The molecule has 2 rings (SSSR count). The van der Waals surface area contributed by atoms with Crippen LogP contribution in [0.3, 0.4) is 0 Å². The Bertz CT molecular complexity index is 455. The summed E-state index contributed by atoms with van der Waals surface area (Å²) in [5.41, 5.74) is 6.32. The summed E-state index contributed by atoms with van der Waals surface area (Å²) in [5, 5.41) is 3.09. The van der Waals surface area contributed by atoms with E-state index >= 15 is 0 Å². The number of thiocarbonyl (C=S) groups is 1. The Balaban J connectivity index is 2.03. The zero-order valence-electron chi connectivity index (χ0n) is 10.3. The van der Waals surface area contributed by atoms with E-state index in [1.165, 1.54) is 12.5 Å². The Morgan fingerprint density at radius 1 is 1.56 bits per heavy atom. The second-order valence-electron chi connectivity index (χ2n) is 4.65. The largest absolute Gasteiger partial charge is 0.389 e. The Hall–Kier alpha value is -1.20. The number of rotatable bonds is 5. The lowest BCUT2D eigenvalue weighted by molar-refractivity contribution is -0.0601. The molecule has 5 heteroatoms. The van der Waals surface area contributed by atoms with E-state index < -0.39 is 0 Å². The monoisotopic (exact) mass is 268 g/mol. The van der Waals surface area contributed by atoms with E-state index in [2.05, 4.69) is 5.32 Å². The van der Waals surface area contributed by atoms with E-state index in [1.807, 2.05) is 0 Å². The number of nitrogens with two attached hydrogens (primary N) is 1. The fraction of sp³-hybridized carbons (Fsp3) is 0.462. The van der Waals surface area contributed by atoms with Gasteiger partial charge in [-0.2, -0.15) is 0 Å². The molecule has 3 nitrogen and oxygen atoms in total. The zero-order valence-corrected chi connectivity index (χ0v) is 11.1. The van der Waals surface area contributed by atoms with Crippen molar-refractivity contribution in [2.45, 2.75) is 24.9 Å². The van der Waals surface area contributed by atoms with Gasteiger partial charge in [0.15, 0.2) is 0 Å². The summed E-state index contributed by atoms with van der Waals surface area (Å²) in [5.74, 6) is -0.342. The lowest BCUT2D eigenvalue weighted by atomic mass is 9.80. The predicted octanol–water partition coefficient (Wildman–Crippen LogP) is 2.44. The number of benzene rings is 1. The van der Waals surface area contributed by atoms with Crippen molar-refractivity contribution in [1.29, 1.82) is 0 Å². The summed E-state index contributed by atoms with van der Waals surface area (Å²) in [4.78, 5) is 0.202. The topological polar surface area (TPSA) is 47.3 Å². The van der Waals surface area contributed by atoms with E-state index in [1.54, 1.807) is 19.2 Å². The number of ether oxygens (including phenoxy) is 1. The summed E-state index contributed by atoms with van der Waals surface area (Å²) in [7, 11) is 1.70. The van der Waals surface area contributed by atoms with Crippen LogP contribution < -0.4 is 11.1 Å². The molecule has 1 aliphatic carbocycles. The summed E-state index contributed by atoms with van der Waals surface area (Å²) >= 11 is 4.81. The standard InChI is InChI=1S/C13H17FN2OS/c1-17-13(5-2-6-13)8-16-11-4-3-9(12(15)18)7-10(11)14/h3-4,7,16H,2,5-6,8H2,1H3,(H2,15,18). The Labute approximate surface area is 112 Å². The number of halogens is 1. The molecule has 0 bridgehead atoms. The number of methoxy groups -OCH3 is 1. The van der Waals surface area contributed by atoms with E-state index in [-0.39, 0.29) is 16.4 Å². The molecule has 0 aliphatic heterocycles. The summed E-state index contributed by atoms with van der Waals surface area (Å²) in [6.45, 7) is 0.618. The maximum absolute atomic E-state index is 13.8. The molecule has 1 saturated carbocycles. The molecule has 0 amide bonds. The third-order valence-corrected chi connectivity index (χ3v) is 3.79. The van der Waals surface area contributed by atoms with Gasteiger partial charge in [-0.15, -0.1) is 0 Å². The lowest BCUT2D eigenvalue weighted by Gasteiger charge is -2.40. The van der Waals surface area contributed by atoms with E-state index in [0.29, 0.717) is 17.8 Å². The summed E-state index contributed by atoms with van der Waals surface area (Å²) in [6.07, 6.45) is 3.20. The molecule has 98 valence electrons. The van der Waals surface area contributed by atoms with Crippen LogP contribution in [0.4, 0.5) is 10.1 Å². The van der Waals surface area contributed by atoms with Gasteiger partial charge in [0.05, 0.1) is 11.3 Å². The van der Waals surface area contributed by atoms with Gasteiger partial charge in [0, 0.05) is 19.2 Å². The van der Waals surface area contributed by atoms with Crippen molar-refractivity contribution in [2.24, 2.45) is 5.73 Å². The first-order valence-electron chi connectivity index (χ1n) is 5.95. The molecule has 1 aromatic rings. The van der Waals surface area contributed by atoms with Crippen molar-refractivity contribution >= 4 is 22.9 Å². The Morgan fingerprint density at radius 3 is 2.72 bits per heavy atom. The van der Waals surface area contributed by atoms with Gasteiger partial charge in [0.25, 0.3) is 0 Å². The molecular weight excluding hydrogens is 251 g/mol. The molecule has 0 unspecified atom stereocenters. The minimum absolute atomic E-state index is 0.131. The number of nitrogens with one attached hydrogen (secondary N) is 1. The van der Waals surface area contributed by atoms with Crippen LogP contribution in [0.15, 0.2) is 18.2 Å². The highest BCUT2D eigenvalue weighted by Gasteiger charge is 2.36. The second kappa shape index (κ2) is 5.20. The van der Waals surface area contributed by atoms with Crippen LogP contribution in [0.5, 0.6) is 0 Å². The molecular formula is C13H17FN2OS. The smallest absolute Gasteiger partial charge is 0.146 e. The SMILES string of the molecule is COC1(CNc2ccc(C(N)=S)cc2F)CCC1. The first kappa shape index (κ1) is 13.2. The van der Waals surface area contributed by atoms with Crippen molar-refractivity contribution in [3.8, 4) is 0 Å². The maximum atomic E-state index is 13.8. The fourth-order valence-corrected chi connectivity index (χ4v) is 2.22. The maximum Gasteiger partial charge on any atom is 0.146 e. The molecule has 0 atom stereocenters. The first-order valence-corrected chi connectivity index (χ1v) is 6.35. The number of hydrogen-bond donors (Lipinski definition) is 2. The van der Waals surface area contributed by atoms with E-state index in [4.69, 9.17) is 22.7 Å². The molecule has 0 aromatic heterocycles. The van der Waals surface area contributed by atoms with Crippen molar-refractivity contribution in [1.82, 2.24) is 0 Å². The van der Waals surface area contributed by atoms with Crippen LogP contribution in [0.25, 0.3) is 0 Å². The van der Waals surface area contributed by atoms with E-state index in [0.717, 1.165) is 12.8 Å². The van der Waals surface area contributed by atoms with Gasteiger partial charge in [-0.3, -0.25) is 0 Å². The van der Waals surface area contributed by atoms with Gasteiger partial charge in [-0.1, -0.05) is 12.2 Å². The van der Waals surface area contributed by atoms with Gasteiger partial charge in [-0.05, 0) is 37.5 Å². The molecule has 0 radical (unpaired) electrons. The third-order valence-electron chi connectivity index (χ3n) is 3.55. The van der Waals surface area contributed by atoms with Crippen LogP contribution in [0, 0.1) is 5.82 Å². The van der Waals surface area contributed by atoms with Crippen LogP contribution in [0.1, 0.15) is 24.8 Å². The average Bonchev–Trinajstić information content (AvgIpc) is 2.29. The summed E-state index contributed by atoms with van der Waals surface area (Å²) in [6, 6.07) is 4.73. The molecule has 1 fully saturated rings. The van der Waals surface area contributed by atoms with Crippen LogP contribution in [-0.2, 0) is 4.74 Å². The molecule has 3 N–H and O–H groups in total. The number of anilines is 1. The minimum Gasteiger partial charge on any atom is -0.389 e. The van der Waals surface area contributed by atoms with Gasteiger partial charge < -0.3 is 15.8 Å². The first-order chi connectivity index (χ1) is 8.56. The van der Waals surface area contributed by atoms with Crippen molar-refractivity contribution in [2.75, 3.05) is 19.0 Å². The van der Waals surface area contributed by atoms with Crippen molar-refractivity contribution in [3.05, 3.63) is 29.6 Å². The van der Waals surface area contributed by atoms with Crippen LogP contribution in [-0.4, -0.2) is 24.2 Å². The van der Waals surface area contributed by atoms with Crippen molar-refractivity contribution < 1.29 is 9.13 Å². The molecule has 0 heterocycles. The predicted molar refractivity (Wildman–Crippen MR) is 74.4 cm³/mol. The van der Waals surface area contributed by atoms with Gasteiger partial charge in [0.2, 0.25) is 0 Å². The quantitative estimate of drug-likeness (QED) is 0.805. The minimum atomic E-state index is -0.342. The molecule has 0 spiro atoms. The average molecular weight is 268 g/mol. The van der Waals surface area contributed by atoms with E-state index in [9.17, 15) is 4.39 Å². The molecule has 1 aliphatic rings. The highest BCUT2D eigenvalue weighted by molar-refractivity contribution is 7.80. The molecule has 18 heavy (non-hydrogen) atoms. The Kier molecular flexibility index (Phi) is 3.82. The number of hydrogen-bond acceptors (Lipinski definition) is 3. The second-order valence-corrected chi connectivity index (χ2v) is 5.09. The van der Waals surface area contributed by atoms with Crippen LogP contribution in [0.2, 0.25) is 0 Å². The van der Waals surface area contributed by atoms with Crippen molar-refractivity contribution in [3.63, 3.8) is 0 Å². The Morgan fingerprint density at radius 2 is 2.28 bits per heavy atom. The summed E-state index contributed by atoms with van der Waals surface area (Å²) < 4.78 is 19.3. The van der Waals surface area contributed by atoms with Gasteiger partial charge in [0.1, 0.15) is 10.8 Å². The van der Waals surface area contributed by atoms with Gasteiger partial charge >= 0.3 is 0 Å².